The molecule has 174 valence electrons. The van der Waals surface area contributed by atoms with Crippen LogP contribution in [0.4, 0.5) is 5.82 Å². The first-order chi connectivity index (χ1) is 15.9. The van der Waals surface area contributed by atoms with E-state index < -0.39 is 11.9 Å². The lowest BCUT2D eigenvalue weighted by atomic mass is 9.97. The summed E-state index contributed by atoms with van der Waals surface area (Å²) in [6.45, 7) is 4.46. The van der Waals surface area contributed by atoms with Gasteiger partial charge in [0.15, 0.2) is 11.5 Å². The number of nitrogens with zero attached hydrogens (tertiary/aromatic N) is 3. The number of anilines is 1. The lowest BCUT2D eigenvalue weighted by Crippen LogP contribution is -2.19. The van der Waals surface area contributed by atoms with Crippen LogP contribution in [0.1, 0.15) is 58.9 Å². The Kier molecular flexibility index (Phi) is 7.87. The number of hydrogen-bond acceptors (Lipinski definition) is 5. The van der Waals surface area contributed by atoms with E-state index in [0.29, 0.717) is 30.0 Å². The molecule has 0 aliphatic carbocycles. The molecular formula is C26H31N3O4. The summed E-state index contributed by atoms with van der Waals surface area (Å²) in [6.07, 6.45) is 2.64. The molecule has 0 amide bonds. The van der Waals surface area contributed by atoms with Crippen molar-refractivity contribution >= 4 is 17.8 Å². The van der Waals surface area contributed by atoms with Gasteiger partial charge >= 0.3 is 11.9 Å². The predicted molar refractivity (Wildman–Crippen MR) is 129 cm³/mol. The number of aryl methyl sites for hydroxylation is 1. The first-order valence-electron chi connectivity index (χ1n) is 11.2. The maximum atomic E-state index is 12.9. The molecule has 3 rings (SSSR count). The van der Waals surface area contributed by atoms with Gasteiger partial charge in [-0.05, 0) is 36.1 Å². The van der Waals surface area contributed by atoms with Crippen molar-refractivity contribution in [1.82, 2.24) is 9.55 Å². The van der Waals surface area contributed by atoms with E-state index in [1.807, 2.05) is 61.1 Å². The normalized spacial score (nSPS) is 10.8. The molecule has 0 fully saturated rings. The van der Waals surface area contributed by atoms with Crippen LogP contribution in [0.2, 0.25) is 0 Å². The van der Waals surface area contributed by atoms with Crippen molar-refractivity contribution in [2.45, 2.75) is 39.7 Å². The van der Waals surface area contributed by atoms with Crippen molar-refractivity contribution < 1.29 is 19.4 Å². The molecule has 0 aliphatic rings. The fourth-order valence-electron chi connectivity index (χ4n) is 3.81. The van der Waals surface area contributed by atoms with Crippen LogP contribution < -0.4 is 4.90 Å². The van der Waals surface area contributed by atoms with Crippen LogP contribution in [-0.2, 0) is 17.7 Å². The Balaban J connectivity index is 2.10. The number of esters is 1. The van der Waals surface area contributed by atoms with Gasteiger partial charge in [0.2, 0.25) is 0 Å². The summed E-state index contributed by atoms with van der Waals surface area (Å²) >= 11 is 0. The number of rotatable bonds is 10. The highest BCUT2D eigenvalue weighted by molar-refractivity contribution is 5.96. The highest BCUT2D eigenvalue weighted by atomic mass is 16.5. The maximum absolute atomic E-state index is 12.9. The summed E-state index contributed by atoms with van der Waals surface area (Å²) in [5.74, 6) is -0.0884. The summed E-state index contributed by atoms with van der Waals surface area (Å²) in [4.78, 5) is 31.5. The van der Waals surface area contributed by atoms with Gasteiger partial charge < -0.3 is 19.3 Å². The molecule has 7 nitrogen and oxygen atoms in total. The number of carboxylic acids is 1. The Labute approximate surface area is 194 Å². The highest BCUT2D eigenvalue weighted by Crippen LogP contribution is 2.28. The van der Waals surface area contributed by atoms with Crippen LogP contribution in [0.25, 0.3) is 11.1 Å². The number of imidazole rings is 1. The number of carboxylic acid groups (broad SMARTS) is 1. The first kappa shape index (κ1) is 24.0. The molecule has 3 aromatic rings. The van der Waals surface area contributed by atoms with Crippen molar-refractivity contribution in [3.05, 3.63) is 71.2 Å². The van der Waals surface area contributed by atoms with Crippen LogP contribution in [-0.4, -0.2) is 47.3 Å². The van der Waals surface area contributed by atoms with Gasteiger partial charge in [0.25, 0.3) is 0 Å². The Hall–Kier alpha value is -3.61. The third-order valence-electron chi connectivity index (χ3n) is 5.41. The predicted octanol–water partition coefficient (Wildman–Crippen LogP) is 4.88. The fraction of sp³-hybridized carbons (Fsp3) is 0.346. The second-order valence-electron chi connectivity index (χ2n) is 8.06. The summed E-state index contributed by atoms with van der Waals surface area (Å²) in [5.41, 5.74) is 2.88. The second-order valence-corrected chi connectivity index (χ2v) is 8.06. The zero-order valence-corrected chi connectivity index (χ0v) is 19.7. The highest BCUT2D eigenvalue weighted by Gasteiger charge is 2.26. The second kappa shape index (κ2) is 10.8. The van der Waals surface area contributed by atoms with E-state index in [4.69, 9.17) is 9.72 Å². The van der Waals surface area contributed by atoms with Crippen molar-refractivity contribution in [2.75, 3.05) is 25.6 Å². The van der Waals surface area contributed by atoms with Gasteiger partial charge in [-0.25, -0.2) is 14.6 Å². The van der Waals surface area contributed by atoms with Gasteiger partial charge in [0.05, 0.1) is 12.2 Å². The summed E-state index contributed by atoms with van der Waals surface area (Å²) in [5, 5.41) is 9.88. The first-order valence-corrected chi connectivity index (χ1v) is 11.2. The zero-order valence-electron chi connectivity index (χ0n) is 19.7. The van der Waals surface area contributed by atoms with Gasteiger partial charge in [-0.2, -0.15) is 0 Å². The Bertz CT molecular complexity index is 1120. The SMILES string of the molecule is CCCCc1nc(N(C)C)c(C(=O)OCC)n1Cc1ccc(-c2ccccc2)c(C(=O)O)c1. The molecule has 0 atom stereocenters. The Morgan fingerprint density at radius 1 is 1.09 bits per heavy atom. The lowest BCUT2D eigenvalue weighted by Gasteiger charge is -2.15. The number of ether oxygens (including phenoxy) is 1. The average molecular weight is 450 g/mol. The van der Waals surface area contributed by atoms with Gasteiger partial charge in [-0.3, -0.25) is 0 Å². The molecule has 1 aromatic heterocycles. The maximum Gasteiger partial charge on any atom is 0.358 e. The van der Waals surface area contributed by atoms with Gasteiger partial charge in [0.1, 0.15) is 5.82 Å². The van der Waals surface area contributed by atoms with Crippen LogP contribution in [0.3, 0.4) is 0 Å². The van der Waals surface area contributed by atoms with E-state index in [9.17, 15) is 14.7 Å². The van der Waals surface area contributed by atoms with Crippen molar-refractivity contribution in [2.24, 2.45) is 0 Å². The summed E-state index contributed by atoms with van der Waals surface area (Å²) in [6, 6.07) is 14.9. The molecule has 0 unspecified atom stereocenters. The molecule has 1 N–H and O–H groups in total. The molecule has 1 heterocycles. The van der Waals surface area contributed by atoms with Crippen molar-refractivity contribution in [3.63, 3.8) is 0 Å². The Morgan fingerprint density at radius 3 is 2.42 bits per heavy atom. The van der Waals surface area contributed by atoms with Crippen molar-refractivity contribution in [3.8, 4) is 11.1 Å². The van der Waals surface area contributed by atoms with Crippen LogP contribution in [0.5, 0.6) is 0 Å². The summed E-state index contributed by atoms with van der Waals surface area (Å²) < 4.78 is 7.20. The van der Waals surface area contributed by atoms with E-state index in [2.05, 4.69) is 6.92 Å². The number of carbonyl (C=O) groups excluding carboxylic acids is 1. The minimum atomic E-state index is -0.993. The van der Waals surface area contributed by atoms with Crippen LogP contribution in [0, 0.1) is 0 Å². The molecule has 7 heteroatoms. The quantitative estimate of drug-likeness (QED) is 0.444. The number of carbonyl (C=O) groups is 2. The Morgan fingerprint density at radius 2 is 1.82 bits per heavy atom. The standard InChI is InChI=1S/C26H31N3O4/c1-5-7-13-22-27-24(28(3)4)23(26(32)33-6-2)29(22)17-18-14-15-20(21(16-18)25(30)31)19-11-9-8-10-12-19/h8-12,14-16H,5-7,13,17H2,1-4H3,(H,30,31). The smallest absolute Gasteiger partial charge is 0.358 e. The van der Waals surface area contributed by atoms with E-state index in [-0.39, 0.29) is 12.2 Å². The lowest BCUT2D eigenvalue weighted by molar-refractivity contribution is 0.0514. The minimum Gasteiger partial charge on any atom is -0.478 e. The molecule has 0 radical (unpaired) electrons. The summed E-state index contributed by atoms with van der Waals surface area (Å²) in [7, 11) is 3.69. The monoisotopic (exact) mass is 449 g/mol. The largest absolute Gasteiger partial charge is 0.478 e. The molecular weight excluding hydrogens is 418 g/mol. The molecule has 0 bridgehead atoms. The number of aromatic carboxylic acids is 1. The number of aromatic nitrogens is 2. The van der Waals surface area contributed by atoms with E-state index in [0.717, 1.165) is 29.8 Å². The van der Waals surface area contributed by atoms with Gasteiger partial charge in [-0.1, -0.05) is 55.8 Å². The molecule has 0 saturated heterocycles. The average Bonchev–Trinajstić information content (AvgIpc) is 3.16. The molecule has 0 saturated carbocycles. The molecule has 33 heavy (non-hydrogen) atoms. The minimum absolute atomic E-state index is 0.222. The van der Waals surface area contributed by atoms with Gasteiger partial charge in [0, 0.05) is 27.1 Å². The third-order valence-corrected chi connectivity index (χ3v) is 5.41. The molecule has 2 aromatic carbocycles. The number of hydrogen-bond donors (Lipinski definition) is 1. The van der Waals surface area contributed by atoms with Crippen LogP contribution in [0.15, 0.2) is 48.5 Å². The fourth-order valence-corrected chi connectivity index (χ4v) is 3.81. The number of benzene rings is 2. The van der Waals surface area contributed by atoms with E-state index in [1.54, 1.807) is 17.9 Å². The van der Waals surface area contributed by atoms with Crippen LogP contribution >= 0.6 is 0 Å². The van der Waals surface area contributed by atoms with Gasteiger partial charge in [-0.15, -0.1) is 0 Å². The van der Waals surface area contributed by atoms with E-state index >= 15 is 0 Å². The number of unbranched alkanes of at least 4 members (excludes halogenated alkanes) is 1. The third kappa shape index (κ3) is 5.42. The molecule has 0 aliphatic heterocycles. The zero-order chi connectivity index (χ0) is 24.0. The van der Waals surface area contributed by atoms with Crippen molar-refractivity contribution in [1.29, 1.82) is 0 Å². The molecule has 0 spiro atoms. The topological polar surface area (TPSA) is 84.7 Å². The van der Waals surface area contributed by atoms with E-state index in [1.165, 1.54) is 0 Å².